The van der Waals surface area contributed by atoms with Gasteiger partial charge in [0.2, 0.25) is 0 Å². The third kappa shape index (κ3) is 13.3. The highest BCUT2D eigenvalue weighted by Crippen LogP contribution is 2.41. The lowest BCUT2D eigenvalue weighted by Crippen LogP contribution is -2.42. The van der Waals surface area contributed by atoms with Crippen LogP contribution in [0.4, 0.5) is 10.1 Å². The molecule has 1 aromatic heterocycles. The summed E-state index contributed by atoms with van der Waals surface area (Å²) in [7, 11) is 0. The van der Waals surface area contributed by atoms with Gasteiger partial charge in [-0.25, -0.2) is 4.39 Å². The number of halogens is 1. The van der Waals surface area contributed by atoms with Crippen LogP contribution in [-0.4, -0.2) is 92.4 Å². The molecule has 17 heteroatoms. The van der Waals surface area contributed by atoms with Gasteiger partial charge < -0.3 is 34.5 Å². The number of aliphatic hydroxyl groups excluding tert-OH is 2. The zero-order chi connectivity index (χ0) is 43.1. The Morgan fingerprint density at radius 3 is 2.39 bits per heavy atom. The van der Waals surface area contributed by atoms with Crippen LogP contribution in [0.1, 0.15) is 80.4 Å². The Morgan fingerprint density at radius 1 is 1.05 bits per heavy atom. The number of ether oxygens (including phenoxy) is 1. The molecular weight excluding hydrogens is 769 g/mol. The predicted molar refractivity (Wildman–Crippen MR) is 218 cm³/mol. The van der Waals surface area contributed by atoms with E-state index in [4.69, 9.17) is 4.74 Å². The molecule has 1 fully saturated rings. The molecule has 2 heterocycles. The van der Waals surface area contributed by atoms with Crippen molar-refractivity contribution in [2.75, 3.05) is 31.6 Å². The van der Waals surface area contributed by atoms with E-state index < -0.39 is 53.3 Å². The summed E-state index contributed by atoms with van der Waals surface area (Å²) in [4.78, 5) is 59.2. The molecule has 4 atom stereocenters. The van der Waals surface area contributed by atoms with E-state index in [1.807, 2.05) is 55.7 Å². The van der Waals surface area contributed by atoms with Crippen molar-refractivity contribution in [1.29, 1.82) is 0 Å². The fourth-order valence-corrected chi connectivity index (χ4v) is 7.33. The number of aromatic nitrogens is 1. The van der Waals surface area contributed by atoms with Gasteiger partial charge in [0.1, 0.15) is 25.1 Å². The number of carbonyl (C=O) groups is 2. The first kappa shape index (κ1) is 45.8. The molecule has 1 amide bonds. The van der Waals surface area contributed by atoms with Crippen LogP contribution in [0.25, 0.3) is 16.8 Å². The van der Waals surface area contributed by atoms with Crippen molar-refractivity contribution in [3.05, 3.63) is 128 Å². The maximum absolute atomic E-state index is 14.4. The number of hydrogen-bond donors (Lipinski definition) is 3. The van der Waals surface area contributed by atoms with Crippen molar-refractivity contribution >= 4 is 23.1 Å². The van der Waals surface area contributed by atoms with Gasteiger partial charge in [-0.3, -0.25) is 14.5 Å². The highest BCUT2D eigenvalue weighted by molar-refractivity contribution is 6.11. The number of nitrogens with zero attached hydrogens (tertiary/aromatic N) is 4. The van der Waals surface area contributed by atoms with Crippen LogP contribution in [0.3, 0.4) is 0 Å². The van der Waals surface area contributed by atoms with Crippen LogP contribution in [0.2, 0.25) is 0 Å². The number of likely N-dealkylation sites (tertiary alicyclic amines) is 1. The van der Waals surface area contributed by atoms with Gasteiger partial charge in [0.15, 0.2) is 0 Å². The molecule has 1 aliphatic rings. The summed E-state index contributed by atoms with van der Waals surface area (Å²) in [5.41, 5.74) is 4.20. The monoisotopic (exact) mass is 821 g/mol. The Kier molecular flexibility index (Phi) is 17.3. The van der Waals surface area contributed by atoms with E-state index >= 15 is 0 Å². The van der Waals surface area contributed by atoms with Crippen LogP contribution in [0, 0.1) is 26.0 Å². The summed E-state index contributed by atoms with van der Waals surface area (Å²) in [6, 6.07) is 14.6. The molecule has 0 radical (unpaired) electrons. The molecule has 1 saturated heterocycles. The molecule has 0 saturated carbocycles. The number of nitrogens with one attached hydrogen (secondary N) is 1. The first-order valence-corrected chi connectivity index (χ1v) is 19.4. The summed E-state index contributed by atoms with van der Waals surface area (Å²) in [5.74, 6) is -1.72. The Labute approximate surface area is 341 Å². The number of anilines is 1. The fourth-order valence-electron chi connectivity index (χ4n) is 7.33. The number of hydrogen-bond acceptors (Lipinski definition) is 12. The van der Waals surface area contributed by atoms with Gasteiger partial charge in [0.05, 0.1) is 29.9 Å². The first-order valence-electron chi connectivity index (χ1n) is 19.4. The van der Waals surface area contributed by atoms with Crippen molar-refractivity contribution in [3.8, 4) is 11.3 Å². The maximum atomic E-state index is 14.4. The second-order valence-electron chi connectivity index (χ2n) is 14.5. The zero-order valence-electron chi connectivity index (χ0n) is 33.4. The molecule has 0 bridgehead atoms. The average molecular weight is 822 g/mol. The van der Waals surface area contributed by atoms with Gasteiger partial charge in [-0.15, -0.1) is 20.2 Å². The van der Waals surface area contributed by atoms with Crippen molar-refractivity contribution in [1.82, 2.24) is 9.47 Å². The molecular formula is C42H52FN5O11. The van der Waals surface area contributed by atoms with Crippen LogP contribution >= 0.6 is 0 Å². The highest BCUT2D eigenvalue weighted by atomic mass is 19.1. The molecule has 59 heavy (non-hydrogen) atoms. The number of rotatable bonds is 23. The van der Waals surface area contributed by atoms with Crippen molar-refractivity contribution in [2.24, 2.45) is 0 Å². The van der Waals surface area contributed by atoms with E-state index in [1.165, 1.54) is 12.1 Å². The average Bonchev–Trinajstić information content (AvgIpc) is 3.77. The van der Waals surface area contributed by atoms with Gasteiger partial charge in [-0.1, -0.05) is 62.9 Å². The second-order valence-corrected chi connectivity index (χ2v) is 14.5. The zero-order valence-corrected chi connectivity index (χ0v) is 33.4. The van der Waals surface area contributed by atoms with Crippen LogP contribution in [0.15, 0.2) is 85.5 Å². The number of allylic oxidation sites excluding steroid dienone is 5. The van der Waals surface area contributed by atoms with E-state index in [-0.39, 0.29) is 50.4 Å². The normalized spacial score (nSPS) is 16.1. The van der Waals surface area contributed by atoms with Crippen LogP contribution in [-0.2, 0) is 25.8 Å². The molecule has 2 unspecified atom stereocenters. The van der Waals surface area contributed by atoms with Crippen molar-refractivity contribution in [3.63, 3.8) is 0 Å². The molecule has 2 aromatic carbocycles. The van der Waals surface area contributed by atoms with Gasteiger partial charge >= 0.3 is 5.97 Å². The van der Waals surface area contributed by atoms with E-state index in [9.17, 15) is 44.4 Å². The van der Waals surface area contributed by atoms with Crippen LogP contribution in [0.5, 0.6) is 0 Å². The van der Waals surface area contributed by atoms with E-state index in [1.54, 1.807) is 41.3 Å². The largest absolute Gasteiger partial charge is 0.464 e. The first-order chi connectivity index (χ1) is 28.2. The molecule has 1 aliphatic heterocycles. The number of para-hydroxylation sites is 1. The quantitative estimate of drug-likeness (QED) is 0.0405. The lowest BCUT2D eigenvalue weighted by Gasteiger charge is -2.27. The minimum absolute atomic E-state index is 0.0729. The number of esters is 1. The van der Waals surface area contributed by atoms with Gasteiger partial charge in [0.25, 0.3) is 16.1 Å². The number of amides is 1. The third-order valence-corrected chi connectivity index (χ3v) is 9.77. The topological polar surface area (TPSA) is 209 Å². The van der Waals surface area contributed by atoms with E-state index in [2.05, 4.69) is 21.6 Å². The fraction of sp³-hybridized carbons (Fsp3) is 0.429. The Hall–Kier alpha value is -5.91. The molecule has 4 rings (SSSR count). The Balaban J connectivity index is 1.53. The smallest absolute Gasteiger partial charge is 0.308 e. The van der Waals surface area contributed by atoms with E-state index in [0.29, 0.717) is 58.7 Å². The summed E-state index contributed by atoms with van der Waals surface area (Å²) in [6.45, 7) is 9.51. The summed E-state index contributed by atoms with van der Waals surface area (Å²) < 4.78 is 21.7. The van der Waals surface area contributed by atoms with Crippen molar-refractivity contribution < 1.29 is 48.8 Å². The Morgan fingerprint density at radius 2 is 1.76 bits per heavy atom. The SMILES string of the molecule is C=C/C=C(\C=C/C)c1c(C(=O)Nc2ccccc2)c(C(C)C)n(CC[C@@H](O)C[C@@H](O)CC(=O)OCC2CCCN2CC(CO[N+](=O)[O-])O[N+](=O)[O-])c1-c1ccc(F)cc1. The molecule has 0 aliphatic carbocycles. The highest BCUT2D eigenvalue weighted by Gasteiger charge is 2.32. The minimum Gasteiger partial charge on any atom is -0.464 e. The number of aliphatic hydroxyl groups is 2. The summed E-state index contributed by atoms with van der Waals surface area (Å²) >= 11 is 0. The molecule has 16 nitrogen and oxygen atoms in total. The number of benzene rings is 2. The minimum atomic E-state index is -1.26. The van der Waals surface area contributed by atoms with E-state index in [0.717, 1.165) is 0 Å². The lowest BCUT2D eigenvalue weighted by atomic mass is 9.93. The van der Waals surface area contributed by atoms with Gasteiger partial charge in [0, 0.05) is 36.1 Å². The molecule has 3 N–H and O–H groups in total. The Bertz CT molecular complexity index is 1970. The second kappa shape index (κ2) is 22.3. The maximum Gasteiger partial charge on any atom is 0.308 e. The third-order valence-electron chi connectivity index (χ3n) is 9.77. The van der Waals surface area contributed by atoms with Crippen LogP contribution < -0.4 is 5.32 Å². The summed E-state index contributed by atoms with van der Waals surface area (Å²) in [5, 5.41) is 44.5. The van der Waals surface area contributed by atoms with Crippen molar-refractivity contribution in [2.45, 2.75) is 89.7 Å². The number of carbonyl (C=O) groups excluding carboxylic acids is 2. The van der Waals surface area contributed by atoms with Gasteiger partial charge in [-0.2, -0.15) is 0 Å². The summed E-state index contributed by atoms with van der Waals surface area (Å²) in [6.07, 6.45) is 4.33. The predicted octanol–water partition coefficient (Wildman–Crippen LogP) is 6.50. The molecule has 0 spiro atoms. The standard InChI is InChI=1S/C42H52FN5O11/c1-5-11-29(12-6-2)38-39(42(52)44-32-13-8-7-9-14-32)40(28(3)4)46(41(38)30-16-18-31(43)19-17-30)22-20-34(49)23-35(50)24-37(51)57-26-33-15-10-21-45(33)25-36(59-48(55)56)27-58-47(53)54/h5-9,11-14,16-19,28,33-36,49-50H,1,10,15,20-27H2,2-4H3,(H,44,52)/b12-6-,29-11+/t33?,34-,35-,36?/m1/s1. The molecule has 3 aromatic rings. The lowest BCUT2D eigenvalue weighted by molar-refractivity contribution is -0.789. The molecule has 318 valence electrons. The van der Waals surface area contributed by atoms with Gasteiger partial charge in [-0.05, 0) is 92.6 Å².